The molecule has 0 fully saturated rings. The van der Waals surface area contributed by atoms with Crippen LogP contribution < -0.4 is 14.8 Å². The Bertz CT molecular complexity index is 876. The lowest BCUT2D eigenvalue weighted by Crippen LogP contribution is -2.14. The Morgan fingerprint density at radius 2 is 1.88 bits per heavy atom. The predicted octanol–water partition coefficient (Wildman–Crippen LogP) is 3.13. The summed E-state index contributed by atoms with van der Waals surface area (Å²) in [6, 6.07) is 15.1. The molecule has 6 nitrogen and oxygen atoms in total. The third-order valence-corrected chi connectivity index (χ3v) is 3.93. The first kappa shape index (κ1) is 17.5. The van der Waals surface area contributed by atoms with Gasteiger partial charge in [-0.05, 0) is 41.5 Å². The van der Waals surface area contributed by atoms with Crippen molar-refractivity contribution in [2.75, 3.05) is 19.5 Å². The number of anilines is 1. The van der Waals surface area contributed by atoms with E-state index in [4.69, 9.17) is 9.47 Å². The Hall–Kier alpha value is -3.28. The van der Waals surface area contributed by atoms with Gasteiger partial charge in [0.2, 0.25) is 5.91 Å². The van der Waals surface area contributed by atoms with Gasteiger partial charge in [-0.25, -0.2) is 0 Å². The maximum Gasteiger partial charge on any atom is 0.228 e. The number of ether oxygens (including phenoxy) is 2. The van der Waals surface area contributed by atoms with Crippen LogP contribution in [0.1, 0.15) is 11.1 Å². The van der Waals surface area contributed by atoms with Crippen LogP contribution in [0.15, 0.2) is 60.9 Å². The smallest absolute Gasteiger partial charge is 0.228 e. The molecule has 0 spiro atoms. The Balaban J connectivity index is 1.64. The van der Waals surface area contributed by atoms with Crippen LogP contribution in [0.3, 0.4) is 0 Å². The molecule has 1 amide bonds. The highest BCUT2D eigenvalue weighted by molar-refractivity contribution is 5.92. The molecule has 2 aromatic carbocycles. The topological polar surface area (TPSA) is 65.4 Å². The van der Waals surface area contributed by atoms with Gasteiger partial charge in [0, 0.05) is 18.1 Å². The van der Waals surface area contributed by atoms with Gasteiger partial charge in [0.25, 0.3) is 0 Å². The van der Waals surface area contributed by atoms with Crippen molar-refractivity contribution < 1.29 is 14.3 Å². The number of carbonyl (C=O) groups excluding carboxylic acids is 1. The summed E-state index contributed by atoms with van der Waals surface area (Å²) in [6.45, 7) is 0.659. The fourth-order valence-electron chi connectivity index (χ4n) is 2.71. The number of hydrogen-bond donors (Lipinski definition) is 1. The minimum atomic E-state index is -0.0894. The molecule has 1 N–H and O–H groups in total. The van der Waals surface area contributed by atoms with Gasteiger partial charge in [0.1, 0.15) is 0 Å². The Morgan fingerprint density at radius 3 is 2.62 bits per heavy atom. The van der Waals surface area contributed by atoms with Crippen LogP contribution in [0, 0.1) is 0 Å². The number of aromatic nitrogens is 2. The lowest BCUT2D eigenvalue weighted by atomic mass is 10.1. The van der Waals surface area contributed by atoms with Crippen LogP contribution >= 0.6 is 0 Å². The zero-order valence-corrected chi connectivity index (χ0v) is 14.8. The molecule has 1 heterocycles. The van der Waals surface area contributed by atoms with Crippen molar-refractivity contribution >= 4 is 11.6 Å². The van der Waals surface area contributed by atoms with Gasteiger partial charge in [0.15, 0.2) is 11.5 Å². The van der Waals surface area contributed by atoms with E-state index in [0.717, 1.165) is 16.8 Å². The van der Waals surface area contributed by atoms with Crippen molar-refractivity contribution in [3.8, 4) is 11.5 Å². The lowest BCUT2D eigenvalue weighted by Gasteiger charge is -2.10. The van der Waals surface area contributed by atoms with E-state index in [2.05, 4.69) is 10.4 Å². The van der Waals surface area contributed by atoms with Gasteiger partial charge in [0.05, 0.1) is 27.2 Å². The molecule has 26 heavy (non-hydrogen) atoms. The number of carbonyl (C=O) groups is 1. The molecule has 1 aromatic heterocycles. The molecule has 3 aromatic rings. The first-order valence-corrected chi connectivity index (χ1v) is 8.25. The van der Waals surface area contributed by atoms with E-state index in [1.54, 1.807) is 26.5 Å². The summed E-state index contributed by atoms with van der Waals surface area (Å²) in [5.41, 5.74) is 2.69. The van der Waals surface area contributed by atoms with E-state index in [-0.39, 0.29) is 12.3 Å². The summed E-state index contributed by atoms with van der Waals surface area (Å²) in [5, 5.41) is 7.13. The third-order valence-electron chi connectivity index (χ3n) is 3.93. The lowest BCUT2D eigenvalue weighted by molar-refractivity contribution is -0.115. The average molecular weight is 351 g/mol. The van der Waals surface area contributed by atoms with E-state index in [1.165, 1.54) is 0 Å². The highest BCUT2D eigenvalue weighted by Gasteiger charge is 2.09. The molecule has 0 saturated carbocycles. The van der Waals surface area contributed by atoms with Crippen molar-refractivity contribution in [1.29, 1.82) is 0 Å². The van der Waals surface area contributed by atoms with Gasteiger partial charge < -0.3 is 14.8 Å². The highest BCUT2D eigenvalue weighted by atomic mass is 16.5. The van der Waals surface area contributed by atoms with Crippen molar-refractivity contribution in [2.24, 2.45) is 0 Å². The highest BCUT2D eigenvalue weighted by Crippen LogP contribution is 2.27. The first-order chi connectivity index (χ1) is 12.7. The monoisotopic (exact) mass is 351 g/mol. The second-order valence-electron chi connectivity index (χ2n) is 5.82. The first-order valence-electron chi connectivity index (χ1n) is 8.25. The summed E-state index contributed by atoms with van der Waals surface area (Å²) in [4.78, 5) is 12.4. The quantitative estimate of drug-likeness (QED) is 0.710. The van der Waals surface area contributed by atoms with Gasteiger partial charge in [-0.2, -0.15) is 5.10 Å². The van der Waals surface area contributed by atoms with Gasteiger partial charge in [-0.1, -0.05) is 18.2 Å². The Morgan fingerprint density at radius 1 is 1.04 bits per heavy atom. The zero-order chi connectivity index (χ0) is 18.4. The second kappa shape index (κ2) is 8.20. The van der Waals surface area contributed by atoms with E-state index >= 15 is 0 Å². The Labute approximate surface area is 152 Å². The molecule has 0 atom stereocenters. The number of amides is 1. The van der Waals surface area contributed by atoms with E-state index in [0.29, 0.717) is 18.0 Å². The molecule has 0 aliphatic carbocycles. The number of nitrogens with one attached hydrogen (secondary N) is 1. The molecule has 134 valence electrons. The molecule has 0 bridgehead atoms. The van der Waals surface area contributed by atoms with Gasteiger partial charge >= 0.3 is 0 Å². The van der Waals surface area contributed by atoms with Gasteiger partial charge in [-0.15, -0.1) is 0 Å². The summed E-state index contributed by atoms with van der Waals surface area (Å²) in [5.74, 6) is 1.16. The van der Waals surface area contributed by atoms with Crippen molar-refractivity contribution in [1.82, 2.24) is 9.78 Å². The molecule has 6 heteroatoms. The summed E-state index contributed by atoms with van der Waals surface area (Å²) < 4.78 is 12.3. The standard InChI is InChI=1S/C20H21N3O3/c1-25-18-8-7-15(12-19(18)26-2)13-20(24)22-17-6-3-5-16(11-17)14-23-10-4-9-21-23/h3-12H,13-14H2,1-2H3,(H,22,24). The molecule has 0 radical (unpaired) electrons. The molecule has 0 aliphatic rings. The third kappa shape index (κ3) is 4.42. The number of methoxy groups -OCH3 is 2. The van der Waals surface area contributed by atoms with E-state index in [9.17, 15) is 4.79 Å². The SMILES string of the molecule is COc1ccc(CC(=O)Nc2cccc(Cn3cccn3)c2)cc1OC. The molecule has 0 unspecified atom stereocenters. The normalized spacial score (nSPS) is 10.4. The molecule has 0 saturated heterocycles. The van der Waals surface area contributed by atoms with E-state index < -0.39 is 0 Å². The molecular weight excluding hydrogens is 330 g/mol. The van der Waals surface area contributed by atoms with E-state index in [1.807, 2.05) is 53.3 Å². The van der Waals surface area contributed by atoms with Gasteiger partial charge in [-0.3, -0.25) is 9.48 Å². The molecule has 3 rings (SSSR count). The van der Waals surface area contributed by atoms with Crippen molar-refractivity contribution in [2.45, 2.75) is 13.0 Å². The predicted molar refractivity (Wildman–Crippen MR) is 99.7 cm³/mol. The number of benzene rings is 2. The Kier molecular flexibility index (Phi) is 5.53. The maximum absolute atomic E-state index is 12.4. The fourth-order valence-corrected chi connectivity index (χ4v) is 2.71. The number of rotatable bonds is 7. The number of hydrogen-bond acceptors (Lipinski definition) is 4. The van der Waals surface area contributed by atoms with Crippen LogP contribution in [0.2, 0.25) is 0 Å². The average Bonchev–Trinajstić information content (AvgIpc) is 3.14. The summed E-state index contributed by atoms with van der Waals surface area (Å²) in [6.07, 6.45) is 3.90. The van der Waals surface area contributed by atoms with Crippen LogP contribution in [0.25, 0.3) is 0 Å². The van der Waals surface area contributed by atoms with Crippen LogP contribution in [-0.4, -0.2) is 29.9 Å². The van der Waals surface area contributed by atoms with Crippen LogP contribution in [0.4, 0.5) is 5.69 Å². The maximum atomic E-state index is 12.4. The summed E-state index contributed by atoms with van der Waals surface area (Å²) in [7, 11) is 3.16. The van der Waals surface area contributed by atoms with Crippen molar-refractivity contribution in [3.05, 3.63) is 72.1 Å². The second-order valence-corrected chi connectivity index (χ2v) is 5.82. The van der Waals surface area contributed by atoms with Crippen molar-refractivity contribution in [3.63, 3.8) is 0 Å². The number of nitrogens with zero attached hydrogens (tertiary/aromatic N) is 2. The fraction of sp³-hybridized carbons (Fsp3) is 0.200. The zero-order valence-electron chi connectivity index (χ0n) is 14.8. The van der Waals surface area contributed by atoms with Crippen LogP contribution in [-0.2, 0) is 17.8 Å². The largest absolute Gasteiger partial charge is 0.493 e. The molecular formula is C20H21N3O3. The minimum absolute atomic E-state index is 0.0894. The molecule has 0 aliphatic heterocycles. The summed E-state index contributed by atoms with van der Waals surface area (Å²) >= 11 is 0. The minimum Gasteiger partial charge on any atom is -0.493 e. The van der Waals surface area contributed by atoms with Crippen LogP contribution in [0.5, 0.6) is 11.5 Å².